The summed E-state index contributed by atoms with van der Waals surface area (Å²) in [5.74, 6) is 5.55. The van der Waals surface area contributed by atoms with Gasteiger partial charge in [0.25, 0.3) is 5.91 Å². The Bertz CT molecular complexity index is 779. The predicted molar refractivity (Wildman–Crippen MR) is 102 cm³/mol. The molecule has 0 aliphatic carbocycles. The number of amides is 3. The number of benzene rings is 1. The highest BCUT2D eigenvalue weighted by Crippen LogP contribution is 2.29. The second-order valence-corrected chi connectivity index (χ2v) is 7.26. The number of unbranched alkanes of at least 4 members (excludes halogenated alkanes) is 2. The molecule has 1 aromatic rings. The van der Waals surface area contributed by atoms with Crippen molar-refractivity contribution in [1.29, 1.82) is 0 Å². The van der Waals surface area contributed by atoms with Crippen molar-refractivity contribution < 1.29 is 14.4 Å². The minimum Gasteiger partial charge on any atom is -0.322 e. The van der Waals surface area contributed by atoms with E-state index in [4.69, 9.17) is 0 Å². The van der Waals surface area contributed by atoms with Crippen LogP contribution in [-0.2, 0) is 16.1 Å². The van der Waals surface area contributed by atoms with E-state index in [2.05, 4.69) is 39.7 Å². The van der Waals surface area contributed by atoms with Crippen LogP contribution in [0.15, 0.2) is 18.2 Å². The van der Waals surface area contributed by atoms with Gasteiger partial charge in [-0.05, 0) is 41.4 Å². The molecule has 25 heavy (non-hydrogen) atoms. The highest BCUT2D eigenvalue weighted by molar-refractivity contribution is 14.1. The molecule has 2 heterocycles. The van der Waals surface area contributed by atoms with Crippen LogP contribution in [-0.4, -0.2) is 33.1 Å². The van der Waals surface area contributed by atoms with E-state index in [1.165, 1.54) is 0 Å². The van der Waals surface area contributed by atoms with E-state index in [-0.39, 0.29) is 24.1 Å². The first-order chi connectivity index (χ1) is 12.1. The van der Waals surface area contributed by atoms with E-state index in [0.717, 1.165) is 34.8 Å². The van der Waals surface area contributed by atoms with Gasteiger partial charge >= 0.3 is 0 Å². The van der Waals surface area contributed by atoms with Crippen LogP contribution in [0.4, 0.5) is 0 Å². The molecule has 3 rings (SSSR count). The molecule has 0 radical (unpaired) electrons. The van der Waals surface area contributed by atoms with Crippen molar-refractivity contribution in [2.24, 2.45) is 0 Å². The molecular weight excluding hydrogens is 431 g/mol. The van der Waals surface area contributed by atoms with Crippen molar-refractivity contribution >= 4 is 40.3 Å². The average molecular weight is 450 g/mol. The zero-order chi connectivity index (χ0) is 17.8. The number of carbonyl (C=O) groups is 3. The lowest BCUT2D eigenvalue weighted by atomic mass is 10.0. The van der Waals surface area contributed by atoms with Gasteiger partial charge in [0.05, 0.1) is 0 Å². The maximum atomic E-state index is 12.7. The molecule has 3 amide bonds. The Labute approximate surface area is 160 Å². The van der Waals surface area contributed by atoms with Gasteiger partial charge < -0.3 is 4.90 Å². The van der Waals surface area contributed by atoms with Gasteiger partial charge in [0.15, 0.2) is 0 Å². The van der Waals surface area contributed by atoms with E-state index >= 15 is 0 Å². The topological polar surface area (TPSA) is 66.5 Å². The maximum Gasteiger partial charge on any atom is 0.255 e. The zero-order valence-electron chi connectivity index (χ0n) is 13.8. The first-order valence-electron chi connectivity index (χ1n) is 8.43. The highest BCUT2D eigenvalue weighted by Gasteiger charge is 2.39. The standard InChI is InChI=1S/C19H19IN2O3/c20-11-4-2-1-3-6-13-7-5-8-14-15(13)12-22(19(14)25)16-9-10-17(23)21-18(16)24/h5,7-8,16H,1-2,4,9-12H2,(H,21,23,24). The maximum absolute atomic E-state index is 12.7. The number of hydrogen-bond donors (Lipinski definition) is 1. The molecule has 1 atom stereocenters. The molecule has 0 bridgehead atoms. The number of nitrogens with zero attached hydrogens (tertiary/aromatic N) is 1. The van der Waals surface area contributed by atoms with Gasteiger partial charge in [-0.1, -0.05) is 40.5 Å². The normalized spacial score (nSPS) is 19.3. The summed E-state index contributed by atoms with van der Waals surface area (Å²) in [6, 6.07) is 4.96. The number of nitrogens with one attached hydrogen (secondary N) is 1. The SMILES string of the molecule is O=C1CCC(N2Cc3c(C#CCCCCI)cccc3C2=O)C(=O)N1. The number of fused-ring (bicyclic) bond motifs is 1. The second-order valence-electron chi connectivity index (χ2n) is 6.18. The first kappa shape index (κ1) is 17.9. The van der Waals surface area contributed by atoms with Crippen molar-refractivity contribution in [2.75, 3.05) is 4.43 Å². The Balaban J connectivity index is 1.78. The second kappa shape index (κ2) is 8.00. The number of carbonyl (C=O) groups excluding carboxylic acids is 3. The van der Waals surface area contributed by atoms with E-state index < -0.39 is 6.04 Å². The molecule has 0 aromatic heterocycles. The van der Waals surface area contributed by atoms with Crippen molar-refractivity contribution in [1.82, 2.24) is 10.2 Å². The Hall–Kier alpha value is -1.88. The van der Waals surface area contributed by atoms with Gasteiger partial charge in [0.2, 0.25) is 11.8 Å². The van der Waals surface area contributed by atoms with Gasteiger partial charge in [-0.3, -0.25) is 19.7 Å². The number of halogens is 1. The molecule has 2 aliphatic heterocycles. The zero-order valence-corrected chi connectivity index (χ0v) is 16.0. The molecule has 2 aliphatic rings. The van der Waals surface area contributed by atoms with Crippen molar-refractivity contribution in [3.63, 3.8) is 0 Å². The van der Waals surface area contributed by atoms with Crippen LogP contribution in [0.25, 0.3) is 0 Å². The van der Waals surface area contributed by atoms with Crippen LogP contribution in [0, 0.1) is 11.8 Å². The number of alkyl halides is 1. The molecule has 0 saturated carbocycles. The van der Waals surface area contributed by atoms with E-state index in [1.54, 1.807) is 11.0 Å². The third kappa shape index (κ3) is 3.87. The van der Waals surface area contributed by atoms with Crippen LogP contribution >= 0.6 is 22.6 Å². The minimum atomic E-state index is -0.581. The van der Waals surface area contributed by atoms with Crippen LogP contribution in [0.5, 0.6) is 0 Å². The lowest BCUT2D eigenvalue weighted by Crippen LogP contribution is -2.52. The molecule has 1 N–H and O–H groups in total. The van der Waals surface area contributed by atoms with Crippen molar-refractivity contribution in [3.8, 4) is 11.8 Å². The van der Waals surface area contributed by atoms with Crippen LogP contribution in [0.3, 0.4) is 0 Å². The molecule has 1 saturated heterocycles. The van der Waals surface area contributed by atoms with Gasteiger partial charge in [0, 0.05) is 30.5 Å². The van der Waals surface area contributed by atoms with Gasteiger partial charge in [-0.15, -0.1) is 0 Å². The fourth-order valence-electron chi connectivity index (χ4n) is 3.17. The summed E-state index contributed by atoms with van der Waals surface area (Å²) < 4.78 is 1.13. The largest absolute Gasteiger partial charge is 0.322 e. The van der Waals surface area contributed by atoms with E-state index in [9.17, 15) is 14.4 Å². The lowest BCUT2D eigenvalue weighted by Gasteiger charge is -2.29. The number of piperidine rings is 1. The molecule has 6 heteroatoms. The first-order valence-corrected chi connectivity index (χ1v) is 9.95. The summed E-state index contributed by atoms with van der Waals surface area (Å²) in [6.07, 6.45) is 3.72. The minimum absolute atomic E-state index is 0.155. The Morgan fingerprint density at radius 3 is 2.84 bits per heavy atom. The van der Waals surface area contributed by atoms with Crippen molar-refractivity contribution in [3.05, 3.63) is 34.9 Å². The summed E-state index contributed by atoms with van der Waals surface area (Å²) in [5, 5.41) is 2.32. The molecule has 0 spiro atoms. The lowest BCUT2D eigenvalue weighted by molar-refractivity contribution is -0.136. The van der Waals surface area contributed by atoms with Crippen LogP contribution in [0.2, 0.25) is 0 Å². The van der Waals surface area contributed by atoms with Crippen LogP contribution in [0.1, 0.15) is 53.6 Å². The summed E-state index contributed by atoms with van der Waals surface area (Å²) in [6.45, 7) is 0.374. The number of rotatable bonds is 4. The average Bonchev–Trinajstić information content (AvgIpc) is 2.92. The Morgan fingerprint density at radius 1 is 1.24 bits per heavy atom. The van der Waals surface area contributed by atoms with E-state index in [0.29, 0.717) is 18.5 Å². The van der Waals surface area contributed by atoms with Crippen LogP contribution < -0.4 is 5.32 Å². The van der Waals surface area contributed by atoms with Gasteiger partial charge in [0.1, 0.15) is 6.04 Å². The summed E-state index contributed by atoms with van der Waals surface area (Å²) in [7, 11) is 0. The molecular formula is C19H19IN2O3. The summed E-state index contributed by atoms with van der Waals surface area (Å²) >= 11 is 2.36. The molecule has 5 nitrogen and oxygen atoms in total. The number of hydrogen-bond acceptors (Lipinski definition) is 3. The number of imide groups is 1. The van der Waals surface area contributed by atoms with Gasteiger partial charge in [-0.25, -0.2) is 0 Å². The fourth-order valence-corrected chi connectivity index (χ4v) is 3.71. The van der Waals surface area contributed by atoms with Gasteiger partial charge in [-0.2, -0.15) is 0 Å². The Morgan fingerprint density at radius 2 is 2.08 bits per heavy atom. The quantitative estimate of drug-likeness (QED) is 0.252. The smallest absolute Gasteiger partial charge is 0.255 e. The monoisotopic (exact) mass is 450 g/mol. The molecule has 1 aromatic carbocycles. The Kier molecular flexibility index (Phi) is 5.74. The molecule has 1 unspecified atom stereocenters. The summed E-state index contributed by atoms with van der Waals surface area (Å²) in [5.41, 5.74) is 2.36. The molecule has 1 fully saturated rings. The predicted octanol–water partition coefficient (Wildman–Crippen LogP) is 2.40. The third-order valence-electron chi connectivity index (χ3n) is 4.49. The molecule has 130 valence electrons. The third-order valence-corrected chi connectivity index (χ3v) is 5.25. The summed E-state index contributed by atoms with van der Waals surface area (Å²) in [4.78, 5) is 37.7. The van der Waals surface area contributed by atoms with Crippen molar-refractivity contribution in [2.45, 2.75) is 44.7 Å². The highest BCUT2D eigenvalue weighted by atomic mass is 127. The van der Waals surface area contributed by atoms with E-state index in [1.807, 2.05) is 12.1 Å². The fraction of sp³-hybridized carbons (Fsp3) is 0.421.